The summed E-state index contributed by atoms with van der Waals surface area (Å²) in [5.74, 6) is 2.47. The first kappa shape index (κ1) is 18.2. The van der Waals surface area contributed by atoms with E-state index in [0.29, 0.717) is 0 Å². The number of rotatable bonds is 4. The molecule has 112 valence electrons. The largest absolute Gasteiger partial charge is 0.0764 e. The Labute approximate surface area is 142 Å². The van der Waals surface area contributed by atoms with Gasteiger partial charge in [0.15, 0.2) is 0 Å². The minimum absolute atomic E-state index is 0. The van der Waals surface area contributed by atoms with Crippen molar-refractivity contribution in [2.45, 2.75) is 20.8 Å². The van der Waals surface area contributed by atoms with Crippen molar-refractivity contribution in [3.63, 3.8) is 0 Å². The van der Waals surface area contributed by atoms with Gasteiger partial charge < -0.3 is 0 Å². The molecule has 2 aromatic rings. The molecule has 0 saturated carbocycles. The van der Waals surface area contributed by atoms with E-state index in [0.717, 1.165) is 6.16 Å². The van der Waals surface area contributed by atoms with Gasteiger partial charge in [-0.15, -0.1) is 0 Å². The van der Waals surface area contributed by atoms with E-state index in [1.807, 2.05) is 0 Å². The Balaban J connectivity index is 0.00000220. The van der Waals surface area contributed by atoms with Crippen LogP contribution in [0.15, 0.2) is 72.3 Å². The van der Waals surface area contributed by atoms with Gasteiger partial charge in [0.1, 0.15) is 0 Å². The Morgan fingerprint density at radius 3 is 1.62 bits per heavy atom. The van der Waals surface area contributed by atoms with Gasteiger partial charge in [-0.3, -0.25) is 0 Å². The molecule has 0 saturated heterocycles. The number of benzene rings is 2. The number of hydrogen-bond donors (Lipinski definition) is 0. The Hall–Kier alpha value is -0.897. The zero-order chi connectivity index (χ0) is 14.4. The zero-order valence-electron chi connectivity index (χ0n) is 12.9. The van der Waals surface area contributed by atoms with Gasteiger partial charge in [0.25, 0.3) is 0 Å². The summed E-state index contributed by atoms with van der Waals surface area (Å²) in [6, 6.07) is 21.9. The minimum Gasteiger partial charge on any atom is -0.0764 e. The van der Waals surface area contributed by atoms with E-state index in [2.05, 4.69) is 93.3 Å². The van der Waals surface area contributed by atoms with E-state index in [1.165, 1.54) is 16.2 Å². The molecule has 0 unspecified atom stereocenters. The smallest absolute Gasteiger partial charge is 0 e. The summed E-state index contributed by atoms with van der Waals surface area (Å²) in [6.45, 7) is 5.20. The van der Waals surface area contributed by atoms with Crippen molar-refractivity contribution in [2.75, 3.05) is 6.16 Å². The molecule has 21 heavy (non-hydrogen) atoms. The standard InChI is InChI=1S/C19H23P.Ru/c1-4-20(16-15-17(2)3,18-11-7-5-8-12-18)19-13-9-6-10-14-19;/h5-16H,4H2,1-3H3;. The SMILES string of the molecule is CCP(=CC=C(C)C)(c1ccccc1)c1ccccc1.[Ru]. The Kier molecular flexibility index (Phi) is 7.37. The van der Waals surface area contributed by atoms with Crippen LogP contribution in [0.3, 0.4) is 0 Å². The molecule has 2 aromatic carbocycles. The van der Waals surface area contributed by atoms with Crippen LogP contribution < -0.4 is 10.6 Å². The van der Waals surface area contributed by atoms with Crippen LogP contribution in [0.1, 0.15) is 20.8 Å². The summed E-state index contributed by atoms with van der Waals surface area (Å²) in [5, 5.41) is 2.93. The van der Waals surface area contributed by atoms with Crippen LogP contribution in [0.5, 0.6) is 0 Å². The van der Waals surface area contributed by atoms with Crippen molar-refractivity contribution in [3.05, 3.63) is 72.3 Å². The Morgan fingerprint density at radius 2 is 1.29 bits per heavy atom. The van der Waals surface area contributed by atoms with E-state index in [9.17, 15) is 0 Å². The van der Waals surface area contributed by atoms with Crippen molar-refractivity contribution in [3.8, 4) is 0 Å². The van der Waals surface area contributed by atoms with Crippen LogP contribution in [0, 0.1) is 0 Å². The molecule has 0 fully saturated rings. The predicted octanol–water partition coefficient (Wildman–Crippen LogP) is 4.44. The average Bonchev–Trinajstić information content (AvgIpc) is 2.50. The first-order valence-electron chi connectivity index (χ1n) is 7.17. The Morgan fingerprint density at radius 1 is 0.857 bits per heavy atom. The van der Waals surface area contributed by atoms with E-state index in [4.69, 9.17) is 0 Å². The molecule has 0 aliphatic heterocycles. The van der Waals surface area contributed by atoms with E-state index < -0.39 is 6.89 Å². The van der Waals surface area contributed by atoms with Crippen molar-refractivity contribution < 1.29 is 19.5 Å². The van der Waals surface area contributed by atoms with Gasteiger partial charge in [-0.1, -0.05) is 91.9 Å². The fraction of sp³-hybridized carbons (Fsp3) is 0.211. The summed E-state index contributed by atoms with van der Waals surface area (Å²) < 4.78 is 0. The summed E-state index contributed by atoms with van der Waals surface area (Å²) >= 11 is 0. The maximum atomic E-state index is 2.47. The molecule has 2 heteroatoms. The van der Waals surface area contributed by atoms with Gasteiger partial charge in [0, 0.05) is 19.5 Å². The van der Waals surface area contributed by atoms with Crippen LogP contribution in [0.25, 0.3) is 0 Å². The monoisotopic (exact) mass is 384 g/mol. The van der Waals surface area contributed by atoms with E-state index in [1.54, 1.807) is 0 Å². The van der Waals surface area contributed by atoms with Crippen LogP contribution in [-0.2, 0) is 19.5 Å². The molecule has 0 heterocycles. The van der Waals surface area contributed by atoms with E-state index in [-0.39, 0.29) is 19.5 Å². The number of allylic oxidation sites excluding steroid dienone is 2. The van der Waals surface area contributed by atoms with Crippen LogP contribution in [-0.4, -0.2) is 12.0 Å². The fourth-order valence-corrected chi connectivity index (χ4v) is 6.00. The third kappa shape index (κ3) is 4.29. The molecular weight excluding hydrogens is 360 g/mol. The van der Waals surface area contributed by atoms with Crippen LogP contribution in [0.4, 0.5) is 0 Å². The molecule has 0 N–H and O–H groups in total. The second kappa shape index (κ2) is 8.52. The van der Waals surface area contributed by atoms with Gasteiger partial charge in [0.2, 0.25) is 0 Å². The topological polar surface area (TPSA) is 0 Å². The normalized spacial score (nSPS) is 10.4. The molecule has 0 aliphatic rings. The van der Waals surface area contributed by atoms with Crippen molar-refractivity contribution in [2.24, 2.45) is 0 Å². The van der Waals surface area contributed by atoms with Gasteiger partial charge in [-0.25, -0.2) is 0 Å². The maximum Gasteiger partial charge on any atom is 0 e. The molecule has 0 atom stereocenters. The molecule has 2 rings (SSSR count). The van der Waals surface area contributed by atoms with Gasteiger partial charge in [-0.2, -0.15) is 0 Å². The maximum absolute atomic E-state index is 2.47. The second-order valence-electron chi connectivity index (χ2n) is 5.25. The quantitative estimate of drug-likeness (QED) is 0.541. The molecule has 0 bridgehead atoms. The van der Waals surface area contributed by atoms with Crippen LogP contribution in [0.2, 0.25) is 0 Å². The molecule has 0 spiro atoms. The molecule has 0 nitrogen and oxygen atoms in total. The Bertz CT molecular complexity index is 580. The molecule has 0 aliphatic carbocycles. The average molecular weight is 383 g/mol. The zero-order valence-corrected chi connectivity index (χ0v) is 15.6. The fourth-order valence-electron chi connectivity index (χ4n) is 2.46. The molecular formula is C19H23PRu. The summed E-state index contributed by atoms with van der Waals surface area (Å²) in [5.41, 5.74) is 1.36. The summed E-state index contributed by atoms with van der Waals surface area (Å²) in [4.78, 5) is 0. The van der Waals surface area contributed by atoms with Gasteiger partial charge in [0.05, 0.1) is 0 Å². The first-order valence-corrected chi connectivity index (χ1v) is 9.22. The summed E-state index contributed by atoms with van der Waals surface area (Å²) in [6.07, 6.45) is 3.45. The van der Waals surface area contributed by atoms with Crippen molar-refractivity contribution in [1.29, 1.82) is 0 Å². The van der Waals surface area contributed by atoms with Crippen molar-refractivity contribution in [1.82, 2.24) is 0 Å². The molecule has 0 radical (unpaired) electrons. The molecule has 0 aromatic heterocycles. The third-order valence-corrected chi connectivity index (χ3v) is 7.69. The second-order valence-corrected chi connectivity index (χ2v) is 8.95. The predicted molar refractivity (Wildman–Crippen MR) is 95.1 cm³/mol. The first-order chi connectivity index (χ1) is 9.69. The van der Waals surface area contributed by atoms with Crippen LogP contribution >= 0.6 is 6.89 Å². The van der Waals surface area contributed by atoms with Gasteiger partial charge >= 0.3 is 0 Å². The number of hydrogen-bond acceptors (Lipinski definition) is 0. The van der Waals surface area contributed by atoms with Gasteiger partial charge in [-0.05, 0) is 30.6 Å². The summed E-state index contributed by atoms with van der Waals surface area (Å²) in [7, 11) is 0. The van der Waals surface area contributed by atoms with E-state index >= 15 is 0 Å². The van der Waals surface area contributed by atoms with Crippen molar-refractivity contribution >= 4 is 23.3 Å². The molecule has 0 amide bonds. The third-order valence-electron chi connectivity index (χ3n) is 3.60. The minimum atomic E-state index is -1.44.